The van der Waals surface area contributed by atoms with E-state index in [1.54, 1.807) is 0 Å². The molecule has 0 unspecified atom stereocenters. The highest BCUT2D eigenvalue weighted by atomic mass is 16.5. The first-order chi connectivity index (χ1) is 7.43. The second-order valence-corrected chi connectivity index (χ2v) is 3.04. The highest BCUT2D eigenvalue weighted by Gasteiger charge is 2.31. The number of carbonyl (C=O) groups excluding carboxylic acids is 1. The summed E-state index contributed by atoms with van der Waals surface area (Å²) in [7, 11) is 0. The van der Waals surface area contributed by atoms with Gasteiger partial charge in [0.25, 0.3) is 0 Å². The SMILES string of the molecule is O=C[C@H](OCC(=O)O)[C@@H](O)[C@@H](O)[C@H](O)CO. The van der Waals surface area contributed by atoms with Crippen LogP contribution in [-0.2, 0) is 14.3 Å². The van der Waals surface area contributed by atoms with Gasteiger partial charge in [-0.3, -0.25) is 0 Å². The lowest BCUT2D eigenvalue weighted by Gasteiger charge is -2.25. The Morgan fingerprint density at radius 3 is 2.19 bits per heavy atom. The van der Waals surface area contributed by atoms with Crippen molar-refractivity contribution in [2.45, 2.75) is 24.4 Å². The third-order valence-electron chi connectivity index (χ3n) is 1.80. The Labute approximate surface area is 90.7 Å². The topological polar surface area (TPSA) is 145 Å². The van der Waals surface area contributed by atoms with Crippen molar-refractivity contribution in [1.29, 1.82) is 0 Å². The maximum Gasteiger partial charge on any atom is 0.329 e. The molecule has 0 saturated heterocycles. The van der Waals surface area contributed by atoms with Gasteiger partial charge in [-0.05, 0) is 0 Å². The molecule has 0 rings (SSSR count). The summed E-state index contributed by atoms with van der Waals surface area (Å²) < 4.78 is 4.46. The first-order valence-electron chi connectivity index (χ1n) is 4.37. The number of hydrogen-bond donors (Lipinski definition) is 5. The summed E-state index contributed by atoms with van der Waals surface area (Å²) in [5.41, 5.74) is 0. The van der Waals surface area contributed by atoms with Crippen LogP contribution in [0.15, 0.2) is 0 Å². The van der Waals surface area contributed by atoms with Gasteiger partial charge >= 0.3 is 5.97 Å². The third-order valence-corrected chi connectivity index (χ3v) is 1.80. The molecule has 0 aliphatic rings. The summed E-state index contributed by atoms with van der Waals surface area (Å²) in [6.45, 7) is -1.65. The van der Waals surface area contributed by atoms with Gasteiger partial charge in [0, 0.05) is 0 Å². The molecular formula is C8H14O8. The van der Waals surface area contributed by atoms with Crippen LogP contribution < -0.4 is 0 Å². The van der Waals surface area contributed by atoms with Gasteiger partial charge in [0.05, 0.1) is 6.61 Å². The van der Waals surface area contributed by atoms with Gasteiger partial charge in [-0.2, -0.15) is 0 Å². The van der Waals surface area contributed by atoms with E-state index in [9.17, 15) is 19.8 Å². The predicted molar refractivity (Wildman–Crippen MR) is 48.5 cm³/mol. The molecule has 0 heterocycles. The van der Waals surface area contributed by atoms with Crippen LogP contribution in [-0.4, -0.2) is 75.4 Å². The van der Waals surface area contributed by atoms with Crippen LogP contribution in [0.3, 0.4) is 0 Å². The quantitative estimate of drug-likeness (QED) is 0.277. The normalized spacial score (nSPS) is 18.5. The molecule has 0 aromatic heterocycles. The van der Waals surface area contributed by atoms with Gasteiger partial charge in [-0.15, -0.1) is 0 Å². The minimum absolute atomic E-state index is 0.0981. The van der Waals surface area contributed by atoms with Crippen LogP contribution in [0, 0.1) is 0 Å². The van der Waals surface area contributed by atoms with Crippen LogP contribution in [0.25, 0.3) is 0 Å². The van der Waals surface area contributed by atoms with E-state index >= 15 is 0 Å². The number of carbonyl (C=O) groups is 2. The van der Waals surface area contributed by atoms with E-state index in [1.165, 1.54) is 0 Å². The second-order valence-electron chi connectivity index (χ2n) is 3.04. The van der Waals surface area contributed by atoms with Crippen molar-refractivity contribution in [3.63, 3.8) is 0 Å². The van der Waals surface area contributed by atoms with E-state index in [1.807, 2.05) is 0 Å². The van der Waals surface area contributed by atoms with Crippen LogP contribution in [0.1, 0.15) is 0 Å². The van der Waals surface area contributed by atoms with Crippen LogP contribution in [0.2, 0.25) is 0 Å². The highest BCUT2D eigenvalue weighted by molar-refractivity contribution is 5.68. The van der Waals surface area contributed by atoms with E-state index < -0.39 is 43.6 Å². The molecule has 0 aromatic rings. The molecule has 94 valence electrons. The summed E-state index contributed by atoms with van der Waals surface area (Å²) in [5.74, 6) is -1.35. The van der Waals surface area contributed by atoms with Crippen molar-refractivity contribution in [2.24, 2.45) is 0 Å². The molecule has 16 heavy (non-hydrogen) atoms. The second kappa shape index (κ2) is 7.25. The van der Waals surface area contributed by atoms with Crippen molar-refractivity contribution in [3.05, 3.63) is 0 Å². The van der Waals surface area contributed by atoms with Gasteiger partial charge in [0.1, 0.15) is 31.0 Å². The highest BCUT2D eigenvalue weighted by Crippen LogP contribution is 2.06. The molecule has 5 N–H and O–H groups in total. The maximum absolute atomic E-state index is 10.4. The van der Waals surface area contributed by atoms with Gasteiger partial charge < -0.3 is 35.1 Å². The molecule has 0 amide bonds. The lowest BCUT2D eigenvalue weighted by molar-refractivity contribution is -0.158. The van der Waals surface area contributed by atoms with Crippen molar-refractivity contribution in [1.82, 2.24) is 0 Å². The average Bonchev–Trinajstić information content (AvgIpc) is 2.27. The van der Waals surface area contributed by atoms with E-state index in [0.29, 0.717) is 0 Å². The largest absolute Gasteiger partial charge is 0.480 e. The van der Waals surface area contributed by atoms with Crippen molar-refractivity contribution in [3.8, 4) is 0 Å². The monoisotopic (exact) mass is 238 g/mol. The smallest absolute Gasteiger partial charge is 0.329 e. The van der Waals surface area contributed by atoms with Crippen molar-refractivity contribution < 1.29 is 39.9 Å². The Morgan fingerprint density at radius 1 is 1.25 bits per heavy atom. The molecular weight excluding hydrogens is 224 g/mol. The molecule has 0 aliphatic heterocycles. The third kappa shape index (κ3) is 4.64. The van der Waals surface area contributed by atoms with Gasteiger partial charge in [0.2, 0.25) is 0 Å². The lowest BCUT2D eigenvalue weighted by atomic mass is 10.0. The summed E-state index contributed by atoms with van der Waals surface area (Å²) in [5, 5.41) is 44.2. The number of aliphatic hydroxyl groups excluding tert-OH is 4. The number of carboxylic acid groups (broad SMARTS) is 1. The fraction of sp³-hybridized carbons (Fsp3) is 0.750. The number of carboxylic acids is 1. The minimum atomic E-state index is -1.82. The summed E-state index contributed by atoms with van der Waals surface area (Å²) in [6.07, 6.45) is -6.77. The zero-order valence-electron chi connectivity index (χ0n) is 8.26. The van der Waals surface area contributed by atoms with Crippen LogP contribution in [0.5, 0.6) is 0 Å². The predicted octanol–water partition coefficient (Wildman–Crippen LogP) is -3.27. The van der Waals surface area contributed by atoms with Crippen LogP contribution >= 0.6 is 0 Å². The van der Waals surface area contributed by atoms with Gasteiger partial charge in [-0.1, -0.05) is 0 Å². The summed E-state index contributed by atoms with van der Waals surface area (Å²) in [4.78, 5) is 20.6. The van der Waals surface area contributed by atoms with Crippen molar-refractivity contribution >= 4 is 12.3 Å². The molecule has 0 aromatic carbocycles. The summed E-state index contributed by atoms with van der Waals surface area (Å²) >= 11 is 0. The minimum Gasteiger partial charge on any atom is -0.480 e. The van der Waals surface area contributed by atoms with Crippen molar-refractivity contribution in [2.75, 3.05) is 13.2 Å². The molecule has 0 saturated carbocycles. The molecule has 8 nitrogen and oxygen atoms in total. The first kappa shape index (κ1) is 14.9. The Kier molecular flexibility index (Phi) is 6.77. The maximum atomic E-state index is 10.4. The Bertz CT molecular complexity index is 230. The number of aliphatic carboxylic acids is 1. The Hall–Kier alpha value is -1.06. The number of rotatable bonds is 8. The van der Waals surface area contributed by atoms with E-state index in [4.69, 9.17) is 15.3 Å². The first-order valence-corrected chi connectivity index (χ1v) is 4.37. The Morgan fingerprint density at radius 2 is 1.81 bits per heavy atom. The number of aldehydes is 1. The number of hydrogen-bond acceptors (Lipinski definition) is 7. The molecule has 0 bridgehead atoms. The molecule has 0 aliphatic carbocycles. The Balaban J connectivity index is 4.33. The average molecular weight is 238 g/mol. The molecule has 0 spiro atoms. The van der Waals surface area contributed by atoms with E-state index in [-0.39, 0.29) is 6.29 Å². The number of ether oxygens (including phenoxy) is 1. The van der Waals surface area contributed by atoms with E-state index in [2.05, 4.69) is 4.74 Å². The number of aliphatic hydroxyl groups is 4. The zero-order chi connectivity index (χ0) is 12.7. The fourth-order valence-electron chi connectivity index (χ4n) is 0.916. The standard InChI is InChI=1S/C8H14O8/c9-1-4(11)7(14)8(15)5(2-10)16-3-6(12)13/h2,4-5,7-9,11,14-15H,1,3H2,(H,12,13)/t4-,5+,7+,8-/m1/s1. The summed E-state index contributed by atoms with van der Waals surface area (Å²) in [6, 6.07) is 0. The molecule has 4 atom stereocenters. The van der Waals surface area contributed by atoms with Gasteiger partial charge in [0.15, 0.2) is 6.29 Å². The molecule has 0 fully saturated rings. The fourth-order valence-corrected chi connectivity index (χ4v) is 0.916. The van der Waals surface area contributed by atoms with Crippen LogP contribution in [0.4, 0.5) is 0 Å². The molecule has 8 heteroatoms. The van der Waals surface area contributed by atoms with Gasteiger partial charge in [-0.25, -0.2) is 4.79 Å². The lowest BCUT2D eigenvalue weighted by Crippen LogP contribution is -2.47. The van der Waals surface area contributed by atoms with E-state index in [0.717, 1.165) is 0 Å². The molecule has 0 radical (unpaired) electrons. The zero-order valence-corrected chi connectivity index (χ0v) is 8.26.